The van der Waals surface area contributed by atoms with Crippen LogP contribution in [-0.4, -0.2) is 26.0 Å². The Hall–Kier alpha value is -3.22. The van der Waals surface area contributed by atoms with E-state index in [1.165, 1.54) is 29.2 Å². The average Bonchev–Trinajstić information content (AvgIpc) is 3.10. The van der Waals surface area contributed by atoms with Crippen molar-refractivity contribution in [3.63, 3.8) is 0 Å². The fraction of sp³-hybridized carbons (Fsp3) is 0. The molecule has 1 heterocycles. The van der Waals surface area contributed by atoms with E-state index in [-0.39, 0.29) is 5.78 Å². The van der Waals surface area contributed by atoms with Gasteiger partial charge in [-0.15, -0.1) is 5.10 Å². The van der Waals surface area contributed by atoms with Gasteiger partial charge in [0.05, 0.1) is 5.69 Å². The Morgan fingerprint density at radius 3 is 2.70 bits per heavy atom. The number of ketones is 1. The summed E-state index contributed by atoms with van der Waals surface area (Å²) in [4.78, 5) is 12.2. The summed E-state index contributed by atoms with van der Waals surface area (Å²) < 4.78 is 27.4. The molecule has 0 saturated carbocycles. The number of carbonyl (C=O) groups is 1. The lowest BCUT2D eigenvalue weighted by Gasteiger charge is -2.01. The highest BCUT2D eigenvalue weighted by Crippen LogP contribution is 2.13. The van der Waals surface area contributed by atoms with Crippen LogP contribution in [0.25, 0.3) is 11.8 Å². The zero-order valence-corrected chi connectivity index (χ0v) is 11.7. The normalized spacial score (nSPS) is 11.0. The smallest absolute Gasteiger partial charge is 0.185 e. The second kappa shape index (κ2) is 6.27. The van der Waals surface area contributed by atoms with E-state index in [0.717, 1.165) is 12.1 Å². The van der Waals surface area contributed by atoms with Gasteiger partial charge in [0.2, 0.25) is 0 Å². The third-order valence-electron chi connectivity index (χ3n) is 3.12. The molecule has 0 aliphatic rings. The van der Waals surface area contributed by atoms with Gasteiger partial charge < -0.3 is 0 Å². The minimum absolute atomic E-state index is 0.273. The highest BCUT2D eigenvalue weighted by Gasteiger charge is 2.06. The van der Waals surface area contributed by atoms with Crippen molar-refractivity contribution < 1.29 is 13.6 Å². The Morgan fingerprint density at radius 1 is 1.09 bits per heavy atom. The van der Waals surface area contributed by atoms with E-state index in [9.17, 15) is 13.6 Å². The molecule has 0 amide bonds. The summed E-state index contributed by atoms with van der Waals surface area (Å²) in [5.41, 5.74) is 1.47. The van der Waals surface area contributed by atoms with Crippen molar-refractivity contribution in [2.75, 3.05) is 0 Å². The van der Waals surface area contributed by atoms with E-state index in [0.29, 0.717) is 16.8 Å². The minimum Gasteiger partial charge on any atom is -0.289 e. The molecular weight excluding hydrogens is 302 g/mol. The maximum Gasteiger partial charge on any atom is 0.185 e. The van der Waals surface area contributed by atoms with Crippen LogP contribution < -0.4 is 0 Å². The maximum atomic E-state index is 13.1. The molecule has 3 rings (SSSR count). The van der Waals surface area contributed by atoms with E-state index >= 15 is 0 Å². The van der Waals surface area contributed by atoms with Crippen LogP contribution in [0.5, 0.6) is 0 Å². The molecule has 1 aromatic heterocycles. The van der Waals surface area contributed by atoms with Crippen molar-refractivity contribution >= 4 is 11.9 Å². The Bertz CT molecular complexity index is 876. The number of hydrogen-bond acceptors (Lipinski definition) is 4. The molecule has 0 atom stereocenters. The molecule has 0 spiro atoms. The molecular formula is C16H10F2N4O. The van der Waals surface area contributed by atoms with Gasteiger partial charge in [0.1, 0.15) is 6.33 Å². The van der Waals surface area contributed by atoms with Crippen LogP contribution in [-0.2, 0) is 0 Å². The lowest BCUT2D eigenvalue weighted by molar-refractivity contribution is 0.104. The van der Waals surface area contributed by atoms with Crippen molar-refractivity contribution in [3.05, 3.63) is 77.6 Å². The fourth-order valence-electron chi connectivity index (χ4n) is 1.97. The first kappa shape index (κ1) is 14.7. The molecule has 0 aliphatic heterocycles. The highest BCUT2D eigenvalue weighted by molar-refractivity contribution is 6.07. The van der Waals surface area contributed by atoms with Gasteiger partial charge in [-0.2, -0.15) is 0 Å². The van der Waals surface area contributed by atoms with Gasteiger partial charge in [0, 0.05) is 5.56 Å². The van der Waals surface area contributed by atoms with Crippen LogP contribution in [0, 0.1) is 11.6 Å². The second-order valence-corrected chi connectivity index (χ2v) is 4.68. The average molecular weight is 312 g/mol. The van der Waals surface area contributed by atoms with Crippen molar-refractivity contribution in [1.82, 2.24) is 20.2 Å². The van der Waals surface area contributed by atoms with Gasteiger partial charge in [-0.3, -0.25) is 4.79 Å². The van der Waals surface area contributed by atoms with Crippen LogP contribution in [0.2, 0.25) is 0 Å². The topological polar surface area (TPSA) is 60.7 Å². The number of halogens is 2. The van der Waals surface area contributed by atoms with E-state index in [4.69, 9.17) is 0 Å². The third-order valence-corrected chi connectivity index (χ3v) is 3.12. The van der Waals surface area contributed by atoms with Crippen LogP contribution in [0.15, 0.2) is 54.9 Å². The molecule has 0 fully saturated rings. The number of nitrogens with zero attached hydrogens (tertiary/aromatic N) is 4. The Labute approximate surface area is 129 Å². The van der Waals surface area contributed by atoms with Crippen LogP contribution in [0.1, 0.15) is 15.9 Å². The number of allylic oxidation sites excluding steroid dienone is 1. The number of rotatable bonds is 4. The lowest BCUT2D eigenvalue weighted by atomic mass is 10.1. The summed E-state index contributed by atoms with van der Waals surface area (Å²) in [5, 5.41) is 10.8. The standard InChI is InChI=1S/C16H10F2N4O/c17-14-6-4-11(8-15(14)18)5-7-16(23)12-2-1-3-13(9-12)22-10-19-20-21-22/h1-10H/b7-5+. The van der Waals surface area contributed by atoms with Gasteiger partial charge in [-0.1, -0.05) is 24.3 Å². The molecule has 0 bridgehead atoms. The number of aromatic nitrogens is 4. The van der Waals surface area contributed by atoms with Crippen molar-refractivity contribution in [2.24, 2.45) is 0 Å². The lowest BCUT2D eigenvalue weighted by Crippen LogP contribution is -1.99. The molecule has 3 aromatic rings. The molecule has 23 heavy (non-hydrogen) atoms. The molecule has 5 nitrogen and oxygen atoms in total. The van der Waals surface area contributed by atoms with Crippen LogP contribution in [0.4, 0.5) is 8.78 Å². The predicted octanol–water partition coefficient (Wildman–Crippen LogP) is 2.84. The Balaban J connectivity index is 1.82. The zero-order chi connectivity index (χ0) is 16.2. The first-order valence-electron chi connectivity index (χ1n) is 6.64. The molecule has 7 heteroatoms. The summed E-state index contributed by atoms with van der Waals surface area (Å²) in [7, 11) is 0. The quantitative estimate of drug-likeness (QED) is 0.549. The Morgan fingerprint density at radius 2 is 1.96 bits per heavy atom. The van der Waals surface area contributed by atoms with Gasteiger partial charge in [0.25, 0.3) is 0 Å². The minimum atomic E-state index is -0.958. The van der Waals surface area contributed by atoms with E-state index in [1.54, 1.807) is 24.3 Å². The molecule has 0 radical (unpaired) electrons. The second-order valence-electron chi connectivity index (χ2n) is 4.68. The Kier molecular flexibility index (Phi) is 4.01. The first-order chi connectivity index (χ1) is 11.1. The fourth-order valence-corrected chi connectivity index (χ4v) is 1.97. The van der Waals surface area contributed by atoms with Crippen LogP contribution in [0.3, 0.4) is 0 Å². The number of carbonyl (C=O) groups excluding carboxylic acids is 1. The van der Waals surface area contributed by atoms with Gasteiger partial charge >= 0.3 is 0 Å². The molecule has 0 unspecified atom stereocenters. The first-order valence-corrected chi connectivity index (χ1v) is 6.64. The largest absolute Gasteiger partial charge is 0.289 e. The molecule has 0 N–H and O–H groups in total. The van der Waals surface area contributed by atoms with Crippen molar-refractivity contribution in [1.29, 1.82) is 0 Å². The zero-order valence-electron chi connectivity index (χ0n) is 11.7. The van der Waals surface area contributed by atoms with Gasteiger partial charge in [-0.05, 0) is 46.3 Å². The molecule has 0 aliphatic carbocycles. The molecule has 114 valence electrons. The van der Waals surface area contributed by atoms with E-state index in [2.05, 4.69) is 15.5 Å². The highest BCUT2D eigenvalue weighted by atomic mass is 19.2. The van der Waals surface area contributed by atoms with Gasteiger partial charge in [0.15, 0.2) is 17.4 Å². The number of benzene rings is 2. The summed E-state index contributed by atoms with van der Waals surface area (Å²) in [6.45, 7) is 0. The predicted molar refractivity (Wildman–Crippen MR) is 78.9 cm³/mol. The monoisotopic (exact) mass is 312 g/mol. The van der Waals surface area contributed by atoms with Crippen molar-refractivity contribution in [2.45, 2.75) is 0 Å². The number of tetrazole rings is 1. The van der Waals surface area contributed by atoms with E-state index < -0.39 is 11.6 Å². The third kappa shape index (κ3) is 3.34. The summed E-state index contributed by atoms with van der Waals surface area (Å²) >= 11 is 0. The SMILES string of the molecule is O=C(/C=C/c1ccc(F)c(F)c1)c1cccc(-n2cnnn2)c1. The number of hydrogen-bond donors (Lipinski definition) is 0. The van der Waals surface area contributed by atoms with E-state index in [1.807, 2.05) is 0 Å². The molecule has 2 aromatic carbocycles. The summed E-state index contributed by atoms with van der Waals surface area (Å²) in [6.07, 6.45) is 4.14. The van der Waals surface area contributed by atoms with Gasteiger partial charge in [-0.25, -0.2) is 13.5 Å². The molecule has 0 saturated heterocycles. The summed E-state index contributed by atoms with van der Waals surface area (Å²) in [5.74, 6) is -2.16. The van der Waals surface area contributed by atoms with Crippen LogP contribution >= 0.6 is 0 Å². The maximum absolute atomic E-state index is 13.1. The summed E-state index contributed by atoms with van der Waals surface area (Å²) in [6, 6.07) is 10.2. The van der Waals surface area contributed by atoms with Crippen molar-refractivity contribution in [3.8, 4) is 5.69 Å².